The molecule has 0 spiro atoms. The quantitative estimate of drug-likeness (QED) is 0.522. The second kappa shape index (κ2) is 3.13. The van der Waals surface area contributed by atoms with Crippen molar-refractivity contribution in [2.24, 2.45) is 10.8 Å². The van der Waals surface area contributed by atoms with E-state index in [1.165, 1.54) is 0 Å². The van der Waals surface area contributed by atoms with E-state index in [0.29, 0.717) is 0 Å². The predicted molar refractivity (Wildman–Crippen MR) is 56.7 cm³/mol. The van der Waals surface area contributed by atoms with E-state index in [-0.39, 0.29) is 23.0 Å². The third-order valence-corrected chi connectivity index (χ3v) is 2.46. The molecular formula is C12H22O. The van der Waals surface area contributed by atoms with Gasteiger partial charge in [0.25, 0.3) is 0 Å². The van der Waals surface area contributed by atoms with Crippen LogP contribution in [-0.2, 0) is 4.74 Å². The van der Waals surface area contributed by atoms with E-state index in [9.17, 15) is 0 Å². The van der Waals surface area contributed by atoms with E-state index in [1.807, 2.05) is 0 Å². The van der Waals surface area contributed by atoms with Gasteiger partial charge in [0.1, 0.15) is 0 Å². The Balaban J connectivity index is 2.63. The maximum atomic E-state index is 5.98. The average Bonchev–Trinajstić information content (AvgIpc) is 2.28. The van der Waals surface area contributed by atoms with Crippen molar-refractivity contribution in [1.29, 1.82) is 0 Å². The highest BCUT2D eigenvalue weighted by atomic mass is 16.5. The van der Waals surface area contributed by atoms with Gasteiger partial charge in [-0.25, -0.2) is 0 Å². The van der Waals surface area contributed by atoms with Crippen molar-refractivity contribution in [3.8, 4) is 0 Å². The summed E-state index contributed by atoms with van der Waals surface area (Å²) in [5.41, 5.74) is 0.438. The highest BCUT2D eigenvalue weighted by Gasteiger charge is 2.34. The van der Waals surface area contributed by atoms with E-state index in [1.54, 1.807) is 0 Å². The molecule has 0 aromatic rings. The van der Waals surface area contributed by atoms with Gasteiger partial charge in [-0.15, -0.1) is 0 Å². The lowest BCUT2D eigenvalue weighted by Crippen LogP contribution is -2.32. The summed E-state index contributed by atoms with van der Waals surface area (Å²) in [5.74, 6) is 0. The van der Waals surface area contributed by atoms with Gasteiger partial charge in [0.05, 0.1) is 12.2 Å². The van der Waals surface area contributed by atoms with Gasteiger partial charge in [-0.2, -0.15) is 0 Å². The maximum absolute atomic E-state index is 5.98. The van der Waals surface area contributed by atoms with Crippen LogP contribution in [0.1, 0.15) is 41.5 Å². The molecule has 1 rings (SSSR count). The molecule has 0 aromatic heterocycles. The molecule has 0 aliphatic carbocycles. The van der Waals surface area contributed by atoms with Crippen LogP contribution in [-0.4, -0.2) is 12.2 Å². The minimum absolute atomic E-state index is 0.219. The zero-order chi connectivity index (χ0) is 10.3. The molecule has 0 N–H and O–H groups in total. The molecule has 2 atom stereocenters. The van der Waals surface area contributed by atoms with Gasteiger partial charge < -0.3 is 4.74 Å². The van der Waals surface area contributed by atoms with Crippen molar-refractivity contribution in [3.63, 3.8) is 0 Å². The zero-order valence-electron chi connectivity index (χ0n) is 9.72. The summed E-state index contributed by atoms with van der Waals surface area (Å²) in [5, 5.41) is 0. The monoisotopic (exact) mass is 182 g/mol. The summed E-state index contributed by atoms with van der Waals surface area (Å²) >= 11 is 0. The minimum Gasteiger partial charge on any atom is -0.366 e. The summed E-state index contributed by atoms with van der Waals surface area (Å²) in [6.07, 6.45) is 4.96. The van der Waals surface area contributed by atoms with Gasteiger partial charge in [0.15, 0.2) is 0 Å². The first-order valence-electron chi connectivity index (χ1n) is 5.05. The Morgan fingerprint density at radius 1 is 0.769 bits per heavy atom. The highest BCUT2D eigenvalue weighted by Crippen LogP contribution is 2.35. The molecule has 0 amide bonds. The lowest BCUT2D eigenvalue weighted by molar-refractivity contribution is -0.0432. The van der Waals surface area contributed by atoms with Crippen molar-refractivity contribution < 1.29 is 4.74 Å². The summed E-state index contributed by atoms with van der Waals surface area (Å²) in [4.78, 5) is 0. The van der Waals surface area contributed by atoms with Crippen LogP contribution in [0, 0.1) is 10.8 Å². The molecule has 1 aliphatic rings. The Hall–Kier alpha value is -0.300. The third-order valence-electron chi connectivity index (χ3n) is 2.46. The van der Waals surface area contributed by atoms with Gasteiger partial charge in [-0.05, 0) is 10.8 Å². The summed E-state index contributed by atoms with van der Waals surface area (Å²) in [6.45, 7) is 13.3. The minimum atomic E-state index is 0.219. The molecule has 2 unspecified atom stereocenters. The van der Waals surface area contributed by atoms with Gasteiger partial charge in [-0.3, -0.25) is 0 Å². The molecular weight excluding hydrogens is 160 g/mol. The lowest BCUT2D eigenvalue weighted by atomic mass is 9.89. The van der Waals surface area contributed by atoms with Crippen molar-refractivity contribution >= 4 is 0 Å². The van der Waals surface area contributed by atoms with Gasteiger partial charge >= 0.3 is 0 Å². The van der Waals surface area contributed by atoms with E-state index in [2.05, 4.69) is 53.7 Å². The molecule has 0 saturated carbocycles. The second-order valence-corrected chi connectivity index (χ2v) is 6.09. The Labute approximate surface area is 82.2 Å². The van der Waals surface area contributed by atoms with Gasteiger partial charge in [0, 0.05) is 0 Å². The topological polar surface area (TPSA) is 9.23 Å². The van der Waals surface area contributed by atoms with Crippen LogP contribution in [0.25, 0.3) is 0 Å². The normalized spacial score (nSPS) is 29.7. The average molecular weight is 182 g/mol. The highest BCUT2D eigenvalue weighted by molar-refractivity contribution is 5.08. The smallest absolute Gasteiger partial charge is 0.0813 e. The first kappa shape index (κ1) is 10.8. The largest absolute Gasteiger partial charge is 0.366 e. The van der Waals surface area contributed by atoms with Crippen molar-refractivity contribution in [1.82, 2.24) is 0 Å². The second-order valence-electron chi connectivity index (χ2n) is 6.09. The van der Waals surface area contributed by atoms with Crippen LogP contribution < -0.4 is 0 Å². The standard InChI is InChI=1S/C12H22O/c1-11(2,3)9-7-8-10(13-9)12(4,5)6/h7-10H,1-6H3. The summed E-state index contributed by atoms with van der Waals surface area (Å²) in [7, 11) is 0. The fourth-order valence-corrected chi connectivity index (χ4v) is 1.44. The summed E-state index contributed by atoms with van der Waals surface area (Å²) < 4.78 is 5.98. The van der Waals surface area contributed by atoms with Crippen molar-refractivity contribution in [2.45, 2.75) is 53.8 Å². The molecule has 0 saturated heterocycles. The number of hydrogen-bond acceptors (Lipinski definition) is 1. The molecule has 0 fully saturated rings. The first-order chi connectivity index (χ1) is 5.71. The number of ether oxygens (including phenoxy) is 1. The molecule has 1 aliphatic heterocycles. The predicted octanol–water partition coefficient (Wildman–Crippen LogP) is 3.40. The van der Waals surface area contributed by atoms with E-state index < -0.39 is 0 Å². The molecule has 0 bridgehead atoms. The molecule has 13 heavy (non-hydrogen) atoms. The fraction of sp³-hybridized carbons (Fsp3) is 0.833. The Morgan fingerprint density at radius 3 is 1.23 bits per heavy atom. The van der Waals surface area contributed by atoms with Crippen LogP contribution in [0.3, 0.4) is 0 Å². The van der Waals surface area contributed by atoms with Gasteiger partial charge in [-0.1, -0.05) is 53.7 Å². The van der Waals surface area contributed by atoms with E-state index >= 15 is 0 Å². The number of rotatable bonds is 0. The Morgan fingerprint density at radius 2 is 1.08 bits per heavy atom. The van der Waals surface area contributed by atoms with Crippen molar-refractivity contribution in [3.05, 3.63) is 12.2 Å². The zero-order valence-corrected chi connectivity index (χ0v) is 9.72. The molecule has 1 heterocycles. The van der Waals surface area contributed by atoms with Crippen molar-refractivity contribution in [2.75, 3.05) is 0 Å². The maximum Gasteiger partial charge on any atom is 0.0813 e. The molecule has 1 heteroatoms. The van der Waals surface area contributed by atoms with Crippen LogP contribution in [0.15, 0.2) is 12.2 Å². The SMILES string of the molecule is CC(C)(C)C1C=CC(C(C)(C)C)O1. The van der Waals surface area contributed by atoms with Gasteiger partial charge in [0.2, 0.25) is 0 Å². The third kappa shape index (κ3) is 2.57. The summed E-state index contributed by atoms with van der Waals surface area (Å²) in [6, 6.07) is 0. The lowest BCUT2D eigenvalue weighted by Gasteiger charge is -2.31. The first-order valence-corrected chi connectivity index (χ1v) is 5.05. The van der Waals surface area contributed by atoms with Crippen LogP contribution in [0.5, 0.6) is 0 Å². The van der Waals surface area contributed by atoms with Crippen LogP contribution >= 0.6 is 0 Å². The fourth-order valence-electron chi connectivity index (χ4n) is 1.44. The molecule has 1 nitrogen and oxygen atoms in total. The van der Waals surface area contributed by atoms with Crippen LogP contribution in [0.4, 0.5) is 0 Å². The van der Waals surface area contributed by atoms with Crippen LogP contribution in [0.2, 0.25) is 0 Å². The number of hydrogen-bond donors (Lipinski definition) is 0. The molecule has 76 valence electrons. The molecule has 0 radical (unpaired) electrons. The Kier molecular flexibility index (Phi) is 2.59. The molecule has 0 aromatic carbocycles. The van der Waals surface area contributed by atoms with E-state index in [4.69, 9.17) is 4.74 Å². The Bertz CT molecular complexity index is 180. The van der Waals surface area contributed by atoms with E-state index in [0.717, 1.165) is 0 Å².